The van der Waals surface area contributed by atoms with Gasteiger partial charge in [0.2, 0.25) is 0 Å². The monoisotopic (exact) mass is 390 g/mol. The minimum absolute atomic E-state index is 0.0839. The molecule has 0 aromatic carbocycles. The van der Waals surface area contributed by atoms with Gasteiger partial charge in [0.15, 0.2) is 0 Å². The van der Waals surface area contributed by atoms with E-state index in [4.69, 9.17) is 19.2 Å². The third-order valence-electron chi connectivity index (χ3n) is 6.05. The lowest BCUT2D eigenvalue weighted by Crippen LogP contribution is -2.49. The molecule has 0 saturated carbocycles. The summed E-state index contributed by atoms with van der Waals surface area (Å²) in [6, 6.07) is 0. The summed E-state index contributed by atoms with van der Waals surface area (Å²) in [5.41, 5.74) is 1.94. The molecule has 0 aromatic heterocycles. The highest BCUT2D eigenvalue weighted by atomic mass is 17.2. The van der Waals surface area contributed by atoms with E-state index in [9.17, 15) is 9.59 Å². The van der Waals surface area contributed by atoms with Gasteiger partial charge in [0, 0.05) is 18.4 Å². The molecule has 2 fully saturated rings. The van der Waals surface area contributed by atoms with Crippen molar-refractivity contribution in [1.29, 1.82) is 0 Å². The SMILES string of the molecule is C=C1C(=O)O[C@H]2/C=C(/C)CC[C@H](OC(C)=O)[C@@]3(C)CC[C@@H](OO3)/C(C)=C\C[C@@H]12. The van der Waals surface area contributed by atoms with Gasteiger partial charge < -0.3 is 9.47 Å². The number of allylic oxidation sites excluding steroid dienone is 2. The normalized spacial score (nSPS) is 40.4. The average molecular weight is 390 g/mol. The standard InChI is InChI=1S/C22H30O6/c1-13-6-9-20(25-16(4)23)22(5)11-10-18(27-28-22)14(2)7-8-17-15(3)21(24)26-19(17)12-13/h7,12,17-20H,3,6,8-11H2,1-2,4-5H3/b13-12-,14-7-/t17-,18+,19-,20-,22+/m0/s1. The molecular weight excluding hydrogens is 360 g/mol. The first-order chi connectivity index (χ1) is 13.2. The predicted molar refractivity (Wildman–Crippen MR) is 103 cm³/mol. The van der Waals surface area contributed by atoms with Gasteiger partial charge in [-0.1, -0.05) is 18.2 Å². The molecular formula is C22H30O6. The second-order valence-corrected chi connectivity index (χ2v) is 8.35. The van der Waals surface area contributed by atoms with E-state index in [2.05, 4.69) is 12.7 Å². The topological polar surface area (TPSA) is 71.1 Å². The van der Waals surface area contributed by atoms with Crippen LogP contribution in [0.15, 0.2) is 35.5 Å². The summed E-state index contributed by atoms with van der Waals surface area (Å²) in [4.78, 5) is 35.2. The fourth-order valence-electron chi connectivity index (χ4n) is 4.11. The van der Waals surface area contributed by atoms with Crippen molar-refractivity contribution in [2.75, 3.05) is 0 Å². The maximum Gasteiger partial charge on any atom is 0.334 e. The summed E-state index contributed by atoms with van der Waals surface area (Å²) in [5, 5.41) is 0. The third kappa shape index (κ3) is 4.39. The molecule has 2 saturated heterocycles. The Morgan fingerprint density at radius 2 is 2.07 bits per heavy atom. The Balaban J connectivity index is 1.91. The van der Waals surface area contributed by atoms with Gasteiger partial charge >= 0.3 is 11.9 Å². The number of hydrogen-bond donors (Lipinski definition) is 0. The van der Waals surface area contributed by atoms with E-state index in [1.807, 2.05) is 26.8 Å². The van der Waals surface area contributed by atoms with Crippen LogP contribution in [-0.2, 0) is 28.8 Å². The molecule has 28 heavy (non-hydrogen) atoms. The highest BCUT2D eigenvalue weighted by Gasteiger charge is 2.44. The van der Waals surface area contributed by atoms with Crippen molar-refractivity contribution >= 4 is 11.9 Å². The second kappa shape index (κ2) is 8.21. The molecule has 6 heteroatoms. The van der Waals surface area contributed by atoms with Crippen molar-refractivity contribution in [2.24, 2.45) is 5.92 Å². The first kappa shape index (κ1) is 20.8. The number of fused-ring (bicyclic) bond motifs is 6. The Hall–Kier alpha value is -1.92. The lowest BCUT2D eigenvalue weighted by Gasteiger charge is -2.41. The molecule has 6 nitrogen and oxygen atoms in total. The van der Waals surface area contributed by atoms with Crippen LogP contribution in [0.1, 0.15) is 59.8 Å². The van der Waals surface area contributed by atoms with Crippen LogP contribution in [0, 0.1) is 5.92 Å². The van der Waals surface area contributed by atoms with Crippen LogP contribution in [0.4, 0.5) is 0 Å². The first-order valence-corrected chi connectivity index (χ1v) is 9.95. The molecule has 1 aliphatic carbocycles. The van der Waals surface area contributed by atoms with E-state index in [1.54, 1.807) is 0 Å². The molecule has 0 aromatic rings. The van der Waals surface area contributed by atoms with Crippen molar-refractivity contribution in [3.8, 4) is 0 Å². The van der Waals surface area contributed by atoms with E-state index >= 15 is 0 Å². The summed E-state index contributed by atoms with van der Waals surface area (Å²) >= 11 is 0. The lowest BCUT2D eigenvalue weighted by molar-refractivity contribution is -0.412. The van der Waals surface area contributed by atoms with Gasteiger partial charge in [-0.05, 0) is 64.5 Å². The summed E-state index contributed by atoms with van der Waals surface area (Å²) in [5.74, 6) is -0.753. The molecule has 4 aliphatic rings. The Bertz CT molecular complexity index is 711. The van der Waals surface area contributed by atoms with Gasteiger partial charge in [-0.2, -0.15) is 0 Å². The summed E-state index contributed by atoms with van der Waals surface area (Å²) < 4.78 is 11.1. The van der Waals surface area contributed by atoms with Crippen LogP contribution in [0.3, 0.4) is 0 Å². The zero-order valence-electron chi connectivity index (χ0n) is 17.2. The average Bonchev–Trinajstić information content (AvgIpc) is 2.89. The third-order valence-corrected chi connectivity index (χ3v) is 6.05. The predicted octanol–water partition coefficient (Wildman–Crippen LogP) is 3.96. The van der Waals surface area contributed by atoms with E-state index in [-0.39, 0.29) is 30.1 Å². The maximum atomic E-state index is 12.0. The fourth-order valence-corrected chi connectivity index (χ4v) is 4.11. The quantitative estimate of drug-likeness (QED) is 0.292. The van der Waals surface area contributed by atoms with E-state index in [1.165, 1.54) is 6.92 Å². The number of carbonyl (C=O) groups is 2. The summed E-state index contributed by atoms with van der Waals surface area (Å²) in [7, 11) is 0. The number of carbonyl (C=O) groups excluding carboxylic acids is 2. The Kier molecular flexibility index (Phi) is 6.10. The highest BCUT2D eigenvalue weighted by molar-refractivity contribution is 5.91. The van der Waals surface area contributed by atoms with Gasteiger partial charge in [0.05, 0.1) is 0 Å². The van der Waals surface area contributed by atoms with Crippen LogP contribution < -0.4 is 0 Å². The van der Waals surface area contributed by atoms with Crippen molar-refractivity contribution in [2.45, 2.75) is 83.7 Å². The number of ether oxygens (including phenoxy) is 2. The molecule has 4 rings (SSSR count). The van der Waals surface area contributed by atoms with Crippen molar-refractivity contribution in [3.63, 3.8) is 0 Å². The highest BCUT2D eigenvalue weighted by Crippen LogP contribution is 2.38. The fraction of sp³-hybridized carbons (Fsp3) is 0.636. The summed E-state index contributed by atoms with van der Waals surface area (Å²) in [6.45, 7) is 11.3. The Morgan fingerprint density at radius 3 is 2.71 bits per heavy atom. The number of hydrogen-bond acceptors (Lipinski definition) is 6. The van der Waals surface area contributed by atoms with E-state index < -0.39 is 11.7 Å². The van der Waals surface area contributed by atoms with Crippen molar-refractivity contribution in [1.82, 2.24) is 0 Å². The van der Waals surface area contributed by atoms with Gasteiger partial charge in [-0.15, -0.1) is 0 Å². The molecule has 0 unspecified atom stereocenters. The molecule has 0 radical (unpaired) electrons. The van der Waals surface area contributed by atoms with Crippen LogP contribution in [0.25, 0.3) is 0 Å². The molecule has 5 atom stereocenters. The maximum absolute atomic E-state index is 12.0. The molecule has 0 spiro atoms. The van der Waals surface area contributed by atoms with Crippen LogP contribution in [0.2, 0.25) is 0 Å². The second-order valence-electron chi connectivity index (χ2n) is 8.35. The van der Waals surface area contributed by atoms with Gasteiger partial charge in [0.1, 0.15) is 23.9 Å². The Labute approximate surface area is 166 Å². The number of rotatable bonds is 1. The largest absolute Gasteiger partial charge is 0.459 e. The lowest BCUT2D eigenvalue weighted by atomic mass is 9.85. The van der Waals surface area contributed by atoms with Crippen molar-refractivity contribution in [3.05, 3.63) is 35.5 Å². The zero-order chi connectivity index (χ0) is 20.5. The van der Waals surface area contributed by atoms with E-state index in [0.717, 1.165) is 24.0 Å². The van der Waals surface area contributed by atoms with Gasteiger partial charge in [-0.25, -0.2) is 14.6 Å². The first-order valence-electron chi connectivity index (χ1n) is 9.95. The smallest absolute Gasteiger partial charge is 0.334 e. The molecule has 3 heterocycles. The van der Waals surface area contributed by atoms with Gasteiger partial charge in [0.25, 0.3) is 0 Å². The summed E-state index contributed by atoms with van der Waals surface area (Å²) in [6.07, 6.45) is 6.66. The van der Waals surface area contributed by atoms with Crippen molar-refractivity contribution < 1.29 is 28.8 Å². The minimum Gasteiger partial charge on any atom is -0.459 e. The van der Waals surface area contributed by atoms with Crippen LogP contribution >= 0.6 is 0 Å². The molecule has 0 amide bonds. The molecule has 154 valence electrons. The Morgan fingerprint density at radius 1 is 1.32 bits per heavy atom. The van der Waals surface area contributed by atoms with E-state index in [0.29, 0.717) is 24.8 Å². The molecule has 0 N–H and O–H groups in total. The van der Waals surface area contributed by atoms with Crippen LogP contribution in [0.5, 0.6) is 0 Å². The molecule has 2 bridgehead atoms. The van der Waals surface area contributed by atoms with Gasteiger partial charge in [-0.3, -0.25) is 4.79 Å². The molecule has 3 aliphatic heterocycles. The zero-order valence-corrected chi connectivity index (χ0v) is 17.2. The van der Waals surface area contributed by atoms with Crippen LogP contribution in [-0.4, -0.2) is 35.9 Å². The number of esters is 2. The minimum atomic E-state index is -0.691.